The number of rotatable bonds is 2. The van der Waals surface area contributed by atoms with Crippen LogP contribution in [0.15, 0.2) is 71.7 Å². The Hall–Kier alpha value is -2.52. The van der Waals surface area contributed by atoms with Gasteiger partial charge in [0.25, 0.3) is 0 Å². The second-order valence-electron chi connectivity index (χ2n) is 6.39. The summed E-state index contributed by atoms with van der Waals surface area (Å²) in [6.07, 6.45) is 0. The summed E-state index contributed by atoms with van der Waals surface area (Å²) >= 11 is 0. The third-order valence-corrected chi connectivity index (χ3v) is 4.73. The molecule has 130 valence electrons. The van der Waals surface area contributed by atoms with E-state index in [2.05, 4.69) is 65.3 Å². The zero-order valence-electron chi connectivity index (χ0n) is 14.2. The molecule has 3 aromatic rings. The number of nitrogens with zero attached hydrogens (tertiary/aromatic N) is 2. The molecule has 1 unspecified atom stereocenters. The first-order chi connectivity index (χ1) is 11.7. The number of hydrogen-bond donors (Lipinski definition) is 1. The summed E-state index contributed by atoms with van der Waals surface area (Å²) in [5, 5.41) is 2.60. The zero-order valence-corrected chi connectivity index (χ0v) is 15.0. The van der Waals surface area contributed by atoms with Crippen LogP contribution in [0.25, 0.3) is 10.8 Å². The molecule has 0 spiro atoms. The third-order valence-electron chi connectivity index (χ3n) is 4.73. The van der Waals surface area contributed by atoms with E-state index in [4.69, 9.17) is 5.73 Å². The lowest BCUT2D eigenvalue weighted by molar-refractivity contribution is 0.821. The number of guanidine groups is 1. The highest BCUT2D eigenvalue weighted by atomic mass is 35.5. The second kappa shape index (κ2) is 7.16. The molecule has 3 aromatic carbocycles. The van der Waals surface area contributed by atoms with Crippen LogP contribution >= 0.6 is 12.4 Å². The van der Waals surface area contributed by atoms with Crippen molar-refractivity contribution in [1.29, 1.82) is 0 Å². The maximum absolute atomic E-state index is 6.32. The average molecular weight is 354 g/mol. The van der Waals surface area contributed by atoms with Crippen molar-refractivity contribution >= 4 is 34.8 Å². The molecule has 1 aliphatic heterocycles. The lowest BCUT2D eigenvalue weighted by Gasteiger charge is -2.18. The smallest absolute Gasteiger partial charge is 0.196 e. The van der Waals surface area contributed by atoms with Gasteiger partial charge in [0.1, 0.15) is 0 Å². The van der Waals surface area contributed by atoms with E-state index in [1.165, 1.54) is 27.6 Å². The molecule has 4 heteroatoms. The Kier molecular flexibility index (Phi) is 4.95. The fourth-order valence-electron chi connectivity index (χ4n) is 3.56. The largest absolute Gasteiger partial charge is 0.370 e. The number of hydrogen-bond acceptors (Lipinski definition) is 1. The van der Waals surface area contributed by atoms with E-state index >= 15 is 0 Å². The van der Waals surface area contributed by atoms with Crippen molar-refractivity contribution in [3.05, 3.63) is 77.9 Å². The van der Waals surface area contributed by atoms with Gasteiger partial charge in [-0.05, 0) is 28.0 Å². The Bertz CT molecular complexity index is 912. The normalized spacial score (nSPS) is 16.6. The molecule has 0 radical (unpaired) electrons. The van der Waals surface area contributed by atoms with Crippen LogP contribution in [0, 0.1) is 0 Å². The van der Waals surface area contributed by atoms with Gasteiger partial charge in [-0.3, -0.25) is 0 Å². The van der Waals surface area contributed by atoms with Gasteiger partial charge in [-0.2, -0.15) is 0 Å². The molecule has 0 bridgehead atoms. The molecule has 0 saturated heterocycles. The van der Waals surface area contributed by atoms with Crippen LogP contribution in [-0.4, -0.2) is 12.5 Å². The minimum absolute atomic E-state index is 0. The maximum Gasteiger partial charge on any atom is 0.196 e. The van der Waals surface area contributed by atoms with E-state index in [1.54, 1.807) is 0 Å². The molecule has 0 aromatic heterocycles. The summed E-state index contributed by atoms with van der Waals surface area (Å²) in [7, 11) is 0. The van der Waals surface area contributed by atoms with Crippen LogP contribution in [-0.2, 0) is 6.54 Å². The number of anilines is 1. The van der Waals surface area contributed by atoms with Crippen molar-refractivity contribution in [1.82, 2.24) is 0 Å². The van der Waals surface area contributed by atoms with E-state index in [0.717, 1.165) is 6.54 Å². The number of fused-ring (bicyclic) bond motifs is 3. The first-order valence-corrected chi connectivity index (χ1v) is 8.37. The second-order valence-corrected chi connectivity index (χ2v) is 6.39. The minimum atomic E-state index is 0. The van der Waals surface area contributed by atoms with Gasteiger partial charge in [0.05, 0.1) is 6.54 Å². The molecule has 2 N–H and O–H groups in total. The van der Waals surface area contributed by atoms with Crippen LogP contribution in [0.3, 0.4) is 0 Å². The lowest BCUT2D eigenvalue weighted by Crippen LogP contribution is -2.36. The van der Waals surface area contributed by atoms with E-state index in [-0.39, 0.29) is 13.8 Å². The van der Waals surface area contributed by atoms with Crippen molar-refractivity contribution in [2.75, 3.05) is 11.4 Å². The molecule has 0 aliphatic carbocycles. The molecule has 3 nitrogen and oxygen atoms in total. The fourth-order valence-corrected chi connectivity index (χ4v) is 3.56. The van der Waals surface area contributed by atoms with Crippen LogP contribution in [0.2, 0.25) is 0 Å². The van der Waals surface area contributed by atoms with Gasteiger partial charge in [0, 0.05) is 19.6 Å². The molecule has 0 amide bonds. The molecule has 1 heterocycles. The SMILES string of the molecule is CC1CN(C(N)=NCc2ccccc2)c2ccc3ccccc3c21.Cl.[HH]. The quantitative estimate of drug-likeness (QED) is 0.523. The molecular weight excluding hydrogens is 330 g/mol. The molecule has 0 saturated carbocycles. The Morgan fingerprint density at radius 2 is 1.80 bits per heavy atom. The van der Waals surface area contributed by atoms with Gasteiger partial charge >= 0.3 is 0 Å². The highest BCUT2D eigenvalue weighted by Gasteiger charge is 2.29. The van der Waals surface area contributed by atoms with Crippen molar-refractivity contribution in [2.24, 2.45) is 10.7 Å². The first-order valence-electron chi connectivity index (χ1n) is 8.37. The number of benzene rings is 3. The average Bonchev–Trinajstić information content (AvgIpc) is 2.98. The van der Waals surface area contributed by atoms with Crippen LogP contribution in [0.4, 0.5) is 5.69 Å². The first kappa shape index (κ1) is 17.3. The Labute approximate surface area is 156 Å². The lowest BCUT2D eigenvalue weighted by atomic mass is 9.96. The van der Waals surface area contributed by atoms with Crippen molar-refractivity contribution in [3.8, 4) is 0 Å². The van der Waals surface area contributed by atoms with E-state index in [1.807, 2.05) is 18.2 Å². The molecule has 1 aliphatic rings. The summed E-state index contributed by atoms with van der Waals surface area (Å²) in [6.45, 7) is 3.75. The van der Waals surface area contributed by atoms with Crippen LogP contribution < -0.4 is 10.6 Å². The number of nitrogens with two attached hydrogens (primary N) is 1. The predicted molar refractivity (Wildman–Crippen MR) is 111 cm³/mol. The standard InChI is InChI=1S/C21H21N3.ClH.H2/c1-15-14-24(21(22)23-13-16-7-3-2-4-8-16)19-12-11-17-9-5-6-10-18(17)20(15)19;;/h2-12,15H,13-14H2,1H3,(H2,22,23);2*1H. The van der Waals surface area contributed by atoms with Crippen molar-refractivity contribution < 1.29 is 1.43 Å². The number of halogens is 1. The summed E-state index contributed by atoms with van der Waals surface area (Å²) in [5.41, 5.74) is 10.1. The topological polar surface area (TPSA) is 41.6 Å². The van der Waals surface area contributed by atoms with E-state index in [0.29, 0.717) is 18.4 Å². The maximum atomic E-state index is 6.32. The van der Waals surface area contributed by atoms with E-state index < -0.39 is 0 Å². The predicted octanol–water partition coefficient (Wildman–Crippen LogP) is 4.95. The monoisotopic (exact) mass is 353 g/mol. The van der Waals surface area contributed by atoms with Gasteiger partial charge in [-0.1, -0.05) is 67.6 Å². The summed E-state index contributed by atoms with van der Waals surface area (Å²) in [4.78, 5) is 6.76. The van der Waals surface area contributed by atoms with Gasteiger partial charge < -0.3 is 10.6 Å². The van der Waals surface area contributed by atoms with Crippen molar-refractivity contribution in [2.45, 2.75) is 19.4 Å². The molecule has 1 atom stereocenters. The summed E-state index contributed by atoms with van der Waals surface area (Å²) < 4.78 is 0. The summed E-state index contributed by atoms with van der Waals surface area (Å²) in [6, 6.07) is 23.1. The molecule has 0 fully saturated rings. The van der Waals surface area contributed by atoms with Gasteiger partial charge in [0.2, 0.25) is 0 Å². The fraction of sp³-hybridized carbons (Fsp3) is 0.190. The summed E-state index contributed by atoms with van der Waals surface area (Å²) in [5.74, 6) is 1.04. The van der Waals surface area contributed by atoms with Gasteiger partial charge in [0.15, 0.2) is 5.96 Å². The molecule has 25 heavy (non-hydrogen) atoms. The van der Waals surface area contributed by atoms with E-state index in [9.17, 15) is 0 Å². The third kappa shape index (κ3) is 3.20. The zero-order chi connectivity index (χ0) is 16.5. The van der Waals surface area contributed by atoms with Crippen LogP contribution in [0.5, 0.6) is 0 Å². The number of aliphatic imine (C=N–C) groups is 1. The minimum Gasteiger partial charge on any atom is -0.370 e. The van der Waals surface area contributed by atoms with Crippen LogP contribution in [0.1, 0.15) is 25.4 Å². The Morgan fingerprint density at radius 3 is 2.60 bits per heavy atom. The Balaban J connectivity index is 0.00000121. The molecular formula is C21H24ClN3. The van der Waals surface area contributed by atoms with Gasteiger partial charge in [-0.25, -0.2) is 4.99 Å². The highest BCUT2D eigenvalue weighted by Crippen LogP contribution is 2.40. The van der Waals surface area contributed by atoms with Crippen molar-refractivity contribution in [3.63, 3.8) is 0 Å². The Morgan fingerprint density at radius 1 is 1.08 bits per heavy atom. The highest BCUT2D eigenvalue weighted by molar-refractivity contribution is 6.02. The molecule has 4 rings (SSSR count). The van der Waals surface area contributed by atoms with Gasteiger partial charge in [-0.15, -0.1) is 12.4 Å².